The highest BCUT2D eigenvalue weighted by Crippen LogP contribution is 2.37. The molecule has 0 saturated carbocycles. The number of thioether (sulfide) groups is 1. The summed E-state index contributed by atoms with van der Waals surface area (Å²) >= 11 is 4.63. The Hall–Kier alpha value is -1.86. The molecular formula is C22H25BrFNO3S. The number of halogens is 2. The highest BCUT2D eigenvalue weighted by Gasteiger charge is 2.29. The van der Waals surface area contributed by atoms with Gasteiger partial charge in [0.1, 0.15) is 16.7 Å². The normalized spacial score (nSPS) is 12.6. The third kappa shape index (κ3) is 6.85. The van der Waals surface area contributed by atoms with Crippen molar-refractivity contribution in [3.63, 3.8) is 0 Å². The third-order valence-electron chi connectivity index (χ3n) is 3.80. The van der Waals surface area contributed by atoms with E-state index in [1.54, 1.807) is 30.3 Å². The lowest BCUT2D eigenvalue weighted by Gasteiger charge is -2.26. The van der Waals surface area contributed by atoms with E-state index >= 15 is 0 Å². The molecule has 1 amide bonds. The molecule has 0 aromatic heterocycles. The highest BCUT2D eigenvalue weighted by molar-refractivity contribution is 9.10. The van der Waals surface area contributed by atoms with Crippen molar-refractivity contribution in [2.24, 2.45) is 5.92 Å². The van der Waals surface area contributed by atoms with Crippen LogP contribution in [0.5, 0.6) is 0 Å². The number of benzene rings is 2. The predicted octanol–water partition coefficient (Wildman–Crippen LogP) is 6.30. The van der Waals surface area contributed by atoms with Gasteiger partial charge < -0.3 is 10.1 Å². The second kappa shape index (κ2) is 9.76. The topological polar surface area (TPSA) is 55.4 Å². The van der Waals surface area contributed by atoms with Crippen LogP contribution >= 0.6 is 27.7 Å². The number of amides is 1. The van der Waals surface area contributed by atoms with Crippen LogP contribution in [0.25, 0.3) is 0 Å². The zero-order chi connectivity index (χ0) is 21.8. The van der Waals surface area contributed by atoms with Crippen LogP contribution in [0.3, 0.4) is 0 Å². The second-order valence-electron chi connectivity index (χ2n) is 7.90. The maximum absolute atomic E-state index is 14.4. The van der Waals surface area contributed by atoms with E-state index < -0.39 is 22.6 Å². The highest BCUT2D eigenvalue weighted by atomic mass is 79.9. The number of anilines is 1. The van der Waals surface area contributed by atoms with Crippen LogP contribution in [0, 0.1) is 11.7 Å². The summed E-state index contributed by atoms with van der Waals surface area (Å²) in [5.41, 5.74) is -0.117. The molecule has 4 nitrogen and oxygen atoms in total. The van der Waals surface area contributed by atoms with Gasteiger partial charge in [0, 0.05) is 14.9 Å². The fraction of sp³-hybridized carbons (Fsp3) is 0.364. The molecule has 1 N–H and O–H groups in total. The Morgan fingerprint density at radius 1 is 1.14 bits per heavy atom. The number of rotatable bonds is 6. The molecule has 0 heterocycles. The van der Waals surface area contributed by atoms with Gasteiger partial charge in [-0.3, -0.25) is 9.59 Å². The molecule has 0 aliphatic rings. The van der Waals surface area contributed by atoms with Crippen molar-refractivity contribution in [2.75, 3.05) is 5.32 Å². The first kappa shape index (κ1) is 23.4. The maximum Gasteiger partial charge on any atom is 0.320 e. The van der Waals surface area contributed by atoms with E-state index in [0.717, 1.165) is 0 Å². The lowest BCUT2D eigenvalue weighted by molar-refractivity contribution is -0.154. The molecule has 29 heavy (non-hydrogen) atoms. The molecule has 1 unspecified atom stereocenters. The van der Waals surface area contributed by atoms with E-state index in [-0.39, 0.29) is 17.6 Å². The minimum atomic E-state index is -0.598. The van der Waals surface area contributed by atoms with E-state index in [2.05, 4.69) is 21.2 Å². The van der Waals surface area contributed by atoms with Gasteiger partial charge in [-0.1, -0.05) is 32.0 Å². The van der Waals surface area contributed by atoms with Gasteiger partial charge in [-0.2, -0.15) is 0 Å². The Balaban J connectivity index is 2.27. The molecule has 0 fully saturated rings. The van der Waals surface area contributed by atoms with Gasteiger partial charge in [0.15, 0.2) is 0 Å². The molecule has 156 valence electrons. The van der Waals surface area contributed by atoms with E-state index in [4.69, 9.17) is 4.74 Å². The molecule has 1 atom stereocenters. The predicted molar refractivity (Wildman–Crippen MR) is 119 cm³/mol. The fourth-order valence-electron chi connectivity index (χ4n) is 2.45. The van der Waals surface area contributed by atoms with Gasteiger partial charge in [0.2, 0.25) is 0 Å². The molecule has 2 aromatic rings. The van der Waals surface area contributed by atoms with Crippen molar-refractivity contribution < 1.29 is 18.7 Å². The van der Waals surface area contributed by atoms with E-state index in [1.807, 2.05) is 34.6 Å². The van der Waals surface area contributed by atoms with Gasteiger partial charge in [0.05, 0.1) is 5.69 Å². The first-order valence-electron chi connectivity index (χ1n) is 9.23. The molecule has 7 heteroatoms. The lowest BCUT2D eigenvalue weighted by Crippen LogP contribution is -2.33. The zero-order valence-corrected chi connectivity index (χ0v) is 19.5. The van der Waals surface area contributed by atoms with Crippen LogP contribution in [0.15, 0.2) is 51.8 Å². The van der Waals surface area contributed by atoms with Crippen LogP contribution in [-0.4, -0.2) is 22.7 Å². The maximum atomic E-state index is 14.4. The third-order valence-corrected chi connectivity index (χ3v) is 6.31. The Morgan fingerprint density at radius 3 is 2.31 bits per heavy atom. The summed E-state index contributed by atoms with van der Waals surface area (Å²) < 4.78 is 20.5. The van der Waals surface area contributed by atoms with Crippen molar-refractivity contribution in [3.8, 4) is 0 Å². The minimum Gasteiger partial charge on any atom is -0.459 e. The first-order valence-corrected chi connectivity index (χ1v) is 10.9. The molecule has 2 rings (SSSR count). The number of carbonyl (C=O) groups excluding carboxylic acids is 2. The van der Waals surface area contributed by atoms with Crippen molar-refractivity contribution in [3.05, 3.63) is 58.3 Å². The number of esters is 1. The average Bonchev–Trinajstić information content (AvgIpc) is 2.61. The molecule has 2 aromatic carbocycles. The second-order valence-corrected chi connectivity index (χ2v) is 9.94. The van der Waals surface area contributed by atoms with Crippen molar-refractivity contribution >= 4 is 45.3 Å². The van der Waals surface area contributed by atoms with E-state index in [9.17, 15) is 14.0 Å². The molecule has 0 aliphatic heterocycles. The molecule has 0 bridgehead atoms. The van der Waals surface area contributed by atoms with Crippen LogP contribution < -0.4 is 5.32 Å². The number of hydrogen-bond acceptors (Lipinski definition) is 4. The SMILES string of the molecule is CC(C)C(Sc1cc(NC(=O)c2ccccc2)c(F)cc1Br)C(=O)OC(C)(C)C. The Morgan fingerprint density at radius 2 is 1.76 bits per heavy atom. The summed E-state index contributed by atoms with van der Waals surface area (Å²) in [5, 5.41) is 2.12. The Labute approximate surface area is 183 Å². The number of hydrogen-bond donors (Lipinski definition) is 1. The quantitative estimate of drug-likeness (QED) is 0.388. The lowest BCUT2D eigenvalue weighted by atomic mass is 10.1. The number of carbonyl (C=O) groups is 2. The van der Waals surface area contributed by atoms with Crippen LogP contribution in [0.1, 0.15) is 45.0 Å². The Bertz CT molecular complexity index is 882. The van der Waals surface area contributed by atoms with Gasteiger partial charge in [-0.05, 0) is 66.9 Å². The number of nitrogens with one attached hydrogen (secondary N) is 1. The Kier molecular flexibility index (Phi) is 7.88. The monoisotopic (exact) mass is 481 g/mol. The zero-order valence-electron chi connectivity index (χ0n) is 17.1. The summed E-state index contributed by atoms with van der Waals surface area (Å²) in [6, 6.07) is 11.4. The largest absolute Gasteiger partial charge is 0.459 e. The van der Waals surface area contributed by atoms with Gasteiger partial charge in [-0.15, -0.1) is 11.8 Å². The molecular weight excluding hydrogens is 457 g/mol. The van der Waals surface area contributed by atoms with Gasteiger partial charge in [-0.25, -0.2) is 4.39 Å². The molecule has 0 radical (unpaired) electrons. The molecule has 0 spiro atoms. The molecule has 0 aliphatic carbocycles. The summed E-state index contributed by atoms with van der Waals surface area (Å²) in [6.07, 6.45) is 0. The summed E-state index contributed by atoms with van der Waals surface area (Å²) in [7, 11) is 0. The molecule has 0 saturated heterocycles. The smallest absolute Gasteiger partial charge is 0.320 e. The minimum absolute atomic E-state index is 0.00540. The van der Waals surface area contributed by atoms with Crippen molar-refractivity contribution in [2.45, 2.75) is 50.4 Å². The van der Waals surface area contributed by atoms with Gasteiger partial charge >= 0.3 is 5.97 Å². The van der Waals surface area contributed by atoms with E-state index in [0.29, 0.717) is 14.9 Å². The summed E-state index contributed by atoms with van der Waals surface area (Å²) in [5.74, 6) is -1.31. The first-order chi connectivity index (χ1) is 13.5. The summed E-state index contributed by atoms with van der Waals surface area (Å²) in [4.78, 5) is 25.7. The number of ether oxygens (including phenoxy) is 1. The van der Waals surface area contributed by atoms with Gasteiger partial charge in [0.25, 0.3) is 5.91 Å². The van der Waals surface area contributed by atoms with E-state index in [1.165, 1.54) is 23.9 Å². The standard InChI is InChI=1S/C22H25BrFNO3S/c1-13(2)19(21(27)28-22(3,4)5)29-18-12-17(16(24)11-15(18)23)25-20(26)14-9-7-6-8-10-14/h6-13,19H,1-5H3,(H,25,26). The van der Waals surface area contributed by atoms with Crippen molar-refractivity contribution in [1.29, 1.82) is 0 Å². The van der Waals surface area contributed by atoms with Crippen LogP contribution in [-0.2, 0) is 9.53 Å². The van der Waals surface area contributed by atoms with Crippen LogP contribution in [0.2, 0.25) is 0 Å². The fourth-order valence-corrected chi connectivity index (χ4v) is 4.10. The average molecular weight is 482 g/mol. The van der Waals surface area contributed by atoms with Crippen LogP contribution in [0.4, 0.5) is 10.1 Å². The summed E-state index contributed by atoms with van der Waals surface area (Å²) in [6.45, 7) is 9.31. The van der Waals surface area contributed by atoms with Crippen molar-refractivity contribution in [1.82, 2.24) is 0 Å².